The zero-order valence-corrected chi connectivity index (χ0v) is 12.7. The maximum Gasteiger partial charge on any atom is 0.177 e. The smallest absolute Gasteiger partial charge is 0.177 e. The Labute approximate surface area is 116 Å². The van der Waals surface area contributed by atoms with Crippen molar-refractivity contribution in [3.63, 3.8) is 0 Å². The number of nitrogens with one attached hydrogen (secondary N) is 1. The van der Waals surface area contributed by atoms with Gasteiger partial charge in [-0.15, -0.1) is 0 Å². The van der Waals surface area contributed by atoms with E-state index >= 15 is 0 Å². The quantitative estimate of drug-likeness (QED) is 0.819. The summed E-state index contributed by atoms with van der Waals surface area (Å²) in [6.45, 7) is 2.30. The van der Waals surface area contributed by atoms with Gasteiger partial charge in [-0.1, -0.05) is 6.92 Å². The van der Waals surface area contributed by atoms with Crippen LogP contribution < -0.4 is 14.8 Å². The number of carbonyl (C=O) groups excluding carboxylic acids is 1. The van der Waals surface area contributed by atoms with E-state index in [4.69, 9.17) is 9.47 Å². The van der Waals surface area contributed by atoms with Crippen molar-refractivity contribution >= 4 is 21.7 Å². The highest BCUT2D eigenvalue weighted by Gasteiger charge is 2.20. The van der Waals surface area contributed by atoms with Crippen LogP contribution in [0.1, 0.15) is 22.8 Å². The largest absolute Gasteiger partial charge is 0.493 e. The van der Waals surface area contributed by atoms with Gasteiger partial charge in [-0.05, 0) is 41.0 Å². The van der Waals surface area contributed by atoms with Crippen LogP contribution in [0.4, 0.5) is 0 Å². The van der Waals surface area contributed by atoms with Gasteiger partial charge in [-0.2, -0.15) is 0 Å². The van der Waals surface area contributed by atoms with Gasteiger partial charge in [0.15, 0.2) is 17.3 Å². The molecule has 0 spiro atoms. The molecule has 0 aliphatic rings. The summed E-state index contributed by atoms with van der Waals surface area (Å²) in [5.74, 6) is 1.22. The minimum absolute atomic E-state index is 0.0380. The lowest BCUT2D eigenvalue weighted by Gasteiger charge is -2.16. The second kappa shape index (κ2) is 6.75. The molecule has 100 valence electrons. The van der Waals surface area contributed by atoms with Crippen LogP contribution in [0.2, 0.25) is 0 Å². The highest BCUT2D eigenvalue weighted by Crippen LogP contribution is 2.40. The SMILES string of the molecule is CCc1c(C(=O)CNC)cc(OC)c(OC)c1Br. The summed E-state index contributed by atoms with van der Waals surface area (Å²) >= 11 is 3.49. The molecule has 0 bridgehead atoms. The molecule has 0 unspecified atom stereocenters. The standard InChI is InChI=1S/C13H18BrNO3/c1-5-8-9(10(16)7-15-2)6-11(17-3)13(18-4)12(8)14/h6,15H,5,7H2,1-4H3. The molecular weight excluding hydrogens is 298 g/mol. The number of halogens is 1. The molecule has 1 N–H and O–H groups in total. The Kier molecular flexibility index (Phi) is 5.62. The molecule has 18 heavy (non-hydrogen) atoms. The molecular formula is C13H18BrNO3. The second-order valence-corrected chi connectivity index (χ2v) is 4.55. The van der Waals surface area contributed by atoms with Crippen molar-refractivity contribution in [2.45, 2.75) is 13.3 Å². The van der Waals surface area contributed by atoms with E-state index in [0.29, 0.717) is 23.6 Å². The first-order chi connectivity index (χ1) is 8.60. The predicted molar refractivity (Wildman–Crippen MR) is 74.9 cm³/mol. The number of hydrogen-bond donors (Lipinski definition) is 1. The summed E-state index contributed by atoms with van der Waals surface area (Å²) in [7, 11) is 4.89. The van der Waals surface area contributed by atoms with Gasteiger partial charge in [0.05, 0.1) is 25.2 Å². The molecule has 1 aromatic rings. The minimum Gasteiger partial charge on any atom is -0.493 e. The molecule has 1 aromatic carbocycles. The van der Waals surface area contributed by atoms with Crippen LogP contribution in [-0.2, 0) is 6.42 Å². The van der Waals surface area contributed by atoms with E-state index < -0.39 is 0 Å². The number of methoxy groups -OCH3 is 2. The summed E-state index contributed by atoms with van der Waals surface area (Å²) in [6, 6.07) is 1.74. The van der Waals surface area contributed by atoms with E-state index in [1.165, 1.54) is 0 Å². The number of likely N-dealkylation sites (N-methyl/N-ethyl adjacent to an activating group) is 1. The number of ether oxygens (including phenoxy) is 2. The molecule has 0 aliphatic carbocycles. The van der Waals surface area contributed by atoms with Crippen molar-refractivity contribution in [1.82, 2.24) is 5.32 Å². The van der Waals surface area contributed by atoms with Crippen molar-refractivity contribution < 1.29 is 14.3 Å². The molecule has 5 heteroatoms. The number of carbonyl (C=O) groups is 1. The molecule has 0 amide bonds. The molecule has 0 radical (unpaired) electrons. The highest BCUT2D eigenvalue weighted by atomic mass is 79.9. The van der Waals surface area contributed by atoms with Gasteiger partial charge in [-0.3, -0.25) is 4.79 Å². The van der Waals surface area contributed by atoms with E-state index in [9.17, 15) is 4.79 Å². The Hall–Kier alpha value is -1.07. The predicted octanol–water partition coefficient (Wildman–Crippen LogP) is 2.43. The molecule has 0 fully saturated rings. The maximum absolute atomic E-state index is 12.1. The van der Waals surface area contributed by atoms with Crippen molar-refractivity contribution in [3.8, 4) is 11.5 Å². The Morgan fingerprint density at radius 3 is 2.50 bits per heavy atom. The van der Waals surface area contributed by atoms with E-state index in [1.807, 2.05) is 6.92 Å². The molecule has 1 rings (SSSR count). The van der Waals surface area contributed by atoms with Crippen molar-refractivity contribution in [2.24, 2.45) is 0 Å². The number of benzene rings is 1. The average Bonchev–Trinajstić information content (AvgIpc) is 2.37. The first-order valence-corrected chi connectivity index (χ1v) is 6.51. The average molecular weight is 316 g/mol. The van der Waals surface area contributed by atoms with Crippen LogP contribution >= 0.6 is 15.9 Å². The molecule has 4 nitrogen and oxygen atoms in total. The Bertz CT molecular complexity index is 446. The summed E-state index contributed by atoms with van der Waals surface area (Å²) in [6.07, 6.45) is 0.742. The van der Waals surface area contributed by atoms with Gasteiger partial charge in [0.25, 0.3) is 0 Å². The summed E-state index contributed by atoms with van der Waals surface area (Å²) in [4.78, 5) is 12.1. The van der Waals surface area contributed by atoms with Crippen molar-refractivity contribution in [3.05, 3.63) is 21.7 Å². The van der Waals surface area contributed by atoms with Crippen molar-refractivity contribution in [1.29, 1.82) is 0 Å². The highest BCUT2D eigenvalue weighted by molar-refractivity contribution is 9.10. The van der Waals surface area contributed by atoms with Crippen LogP contribution in [0, 0.1) is 0 Å². The molecule has 0 aromatic heterocycles. The topological polar surface area (TPSA) is 47.6 Å². The fraction of sp³-hybridized carbons (Fsp3) is 0.462. The third kappa shape index (κ3) is 2.84. The van der Waals surface area contributed by atoms with Crippen LogP contribution in [0.25, 0.3) is 0 Å². The lowest BCUT2D eigenvalue weighted by molar-refractivity contribution is 0.0992. The summed E-state index contributed by atoms with van der Waals surface area (Å²) < 4.78 is 11.3. The number of Topliss-reactive ketones (excluding diaryl/α,β-unsaturated/α-hetero) is 1. The normalized spacial score (nSPS) is 10.3. The van der Waals surface area contributed by atoms with Crippen LogP contribution in [0.5, 0.6) is 11.5 Å². The number of rotatable bonds is 6. The van der Waals surface area contributed by atoms with Gasteiger partial charge < -0.3 is 14.8 Å². The number of hydrogen-bond acceptors (Lipinski definition) is 4. The van der Waals surface area contributed by atoms with Gasteiger partial charge in [-0.25, -0.2) is 0 Å². The van der Waals surface area contributed by atoms with Crippen LogP contribution in [-0.4, -0.2) is 33.6 Å². The Morgan fingerprint density at radius 1 is 1.39 bits per heavy atom. The van der Waals surface area contributed by atoms with E-state index in [0.717, 1.165) is 16.5 Å². The molecule has 0 atom stereocenters. The van der Waals surface area contributed by atoms with E-state index in [1.54, 1.807) is 27.3 Å². The number of ketones is 1. The van der Waals surface area contributed by atoms with Crippen LogP contribution in [0.3, 0.4) is 0 Å². The third-order valence-corrected chi connectivity index (χ3v) is 3.54. The maximum atomic E-state index is 12.1. The fourth-order valence-electron chi connectivity index (χ4n) is 1.84. The monoisotopic (exact) mass is 315 g/mol. The van der Waals surface area contributed by atoms with E-state index in [-0.39, 0.29) is 5.78 Å². The van der Waals surface area contributed by atoms with Gasteiger partial charge in [0.2, 0.25) is 0 Å². The van der Waals surface area contributed by atoms with E-state index in [2.05, 4.69) is 21.2 Å². The van der Waals surface area contributed by atoms with Crippen LogP contribution in [0.15, 0.2) is 10.5 Å². The Morgan fingerprint density at radius 2 is 2.06 bits per heavy atom. The van der Waals surface area contributed by atoms with Crippen molar-refractivity contribution in [2.75, 3.05) is 27.8 Å². The third-order valence-electron chi connectivity index (χ3n) is 2.70. The Balaban J connectivity index is 3.42. The minimum atomic E-state index is 0.0380. The zero-order valence-electron chi connectivity index (χ0n) is 11.1. The molecule has 0 aliphatic heterocycles. The first-order valence-electron chi connectivity index (χ1n) is 5.71. The van der Waals surface area contributed by atoms with Gasteiger partial charge in [0.1, 0.15) is 0 Å². The first kappa shape index (κ1) is 15.0. The van der Waals surface area contributed by atoms with Gasteiger partial charge >= 0.3 is 0 Å². The molecule has 0 heterocycles. The second-order valence-electron chi connectivity index (χ2n) is 3.76. The molecule has 0 saturated heterocycles. The summed E-state index contributed by atoms with van der Waals surface area (Å²) in [5, 5.41) is 2.87. The lowest BCUT2D eigenvalue weighted by Crippen LogP contribution is -2.20. The zero-order chi connectivity index (χ0) is 13.7. The molecule has 0 saturated carbocycles. The fourth-order valence-corrected chi connectivity index (χ4v) is 2.69. The lowest BCUT2D eigenvalue weighted by atomic mass is 10.00. The summed E-state index contributed by atoms with van der Waals surface area (Å²) in [5.41, 5.74) is 1.60. The van der Waals surface area contributed by atoms with Gasteiger partial charge in [0, 0.05) is 5.56 Å².